The van der Waals surface area contributed by atoms with Crippen LogP contribution in [0, 0.1) is 0 Å². The third-order valence-corrected chi connectivity index (χ3v) is 27.5. The van der Waals surface area contributed by atoms with Crippen molar-refractivity contribution in [1.29, 1.82) is 0 Å². The molecule has 500 valence electrons. The highest BCUT2D eigenvalue weighted by atomic mass is 32.1. The molecule has 4 heterocycles. The molecule has 0 bridgehead atoms. The Kier molecular flexibility index (Phi) is 14.0. The van der Waals surface area contributed by atoms with Crippen molar-refractivity contribution in [3.05, 3.63) is 364 Å². The van der Waals surface area contributed by atoms with E-state index in [1.807, 2.05) is 45.3 Å². The van der Waals surface area contributed by atoms with Crippen molar-refractivity contribution < 1.29 is 0 Å². The Hall–Kier alpha value is -12.6. The van der Waals surface area contributed by atoms with E-state index in [4.69, 9.17) is 0 Å². The predicted molar refractivity (Wildman–Crippen MR) is 477 cm³/mol. The van der Waals surface area contributed by atoms with Crippen LogP contribution in [0.2, 0.25) is 0 Å². The first kappa shape index (κ1) is 61.6. The van der Waals surface area contributed by atoms with E-state index < -0.39 is 0 Å². The summed E-state index contributed by atoms with van der Waals surface area (Å²) >= 11 is 7.72. The van der Waals surface area contributed by atoms with E-state index in [0.29, 0.717) is 0 Å². The lowest BCUT2D eigenvalue weighted by Crippen LogP contribution is -1.91. The van der Waals surface area contributed by atoms with E-state index in [2.05, 4.69) is 364 Å². The maximum atomic E-state index is 2.48. The van der Waals surface area contributed by atoms with E-state index in [1.165, 1.54) is 234 Å². The Morgan fingerprint density at radius 2 is 0.491 bits per heavy atom. The molecule has 4 heteroatoms. The second kappa shape index (κ2) is 24.5. The molecule has 108 heavy (non-hydrogen) atoms. The summed E-state index contributed by atoms with van der Waals surface area (Å²) in [6, 6.07) is 136. The van der Waals surface area contributed by atoms with Crippen LogP contribution in [-0.2, 0) is 0 Å². The molecule has 0 aliphatic carbocycles. The van der Waals surface area contributed by atoms with Gasteiger partial charge in [-0.25, -0.2) is 0 Å². The van der Waals surface area contributed by atoms with Gasteiger partial charge in [0.15, 0.2) is 0 Å². The lowest BCUT2D eigenvalue weighted by Gasteiger charge is -2.18. The SMILES string of the molecule is c1cc(-c2c3ccccc3c(-c3ccc4ccccc4c3)c3ccccc23)cc(-c2cc3sc4c5ccccc5ccc4c3c3c2sc2ccccc23)c1.c1cc(-c2c3ccccc3c(-c3ccc4ccccc4c3)c3ccccc23)cc(-c2cc3sc4ccc5ccccc5c4c3c3sc4ccccc4c23)c1. The predicted octanol–water partition coefficient (Wildman–Crippen LogP) is 32.1. The first-order chi connectivity index (χ1) is 53.6. The van der Waals surface area contributed by atoms with Crippen molar-refractivity contribution in [2.45, 2.75) is 0 Å². The van der Waals surface area contributed by atoms with Gasteiger partial charge in [0, 0.05) is 86.3 Å². The lowest BCUT2D eigenvalue weighted by molar-refractivity contribution is 1.65. The normalized spacial score (nSPS) is 12.1. The number of rotatable bonds is 6. The Labute approximate surface area is 637 Å². The molecular weight excluding hydrogens is 1380 g/mol. The second-order valence-electron chi connectivity index (χ2n) is 28.7. The minimum absolute atomic E-state index is 1.24. The van der Waals surface area contributed by atoms with Gasteiger partial charge in [-0.05, 0) is 202 Å². The maximum absolute atomic E-state index is 2.48. The third-order valence-electron chi connectivity index (χ3n) is 22.8. The van der Waals surface area contributed by atoms with Crippen LogP contribution in [0.1, 0.15) is 0 Å². The molecule has 0 aliphatic rings. The van der Waals surface area contributed by atoms with Crippen molar-refractivity contribution in [1.82, 2.24) is 0 Å². The Morgan fingerprint density at radius 1 is 0.139 bits per heavy atom. The highest BCUT2D eigenvalue weighted by Gasteiger charge is 2.25. The first-order valence-electron chi connectivity index (χ1n) is 37.0. The molecule has 20 aromatic carbocycles. The molecule has 0 atom stereocenters. The van der Waals surface area contributed by atoms with Crippen LogP contribution < -0.4 is 0 Å². The van der Waals surface area contributed by atoms with Crippen molar-refractivity contribution in [3.8, 4) is 66.8 Å². The maximum Gasteiger partial charge on any atom is 0.0455 e. The molecule has 0 saturated carbocycles. The zero-order valence-corrected chi connectivity index (χ0v) is 61.5. The first-order valence-corrected chi connectivity index (χ1v) is 40.3. The lowest BCUT2D eigenvalue weighted by atomic mass is 9.85. The van der Waals surface area contributed by atoms with Gasteiger partial charge in [-0.1, -0.05) is 309 Å². The fourth-order valence-corrected chi connectivity index (χ4v) is 23.2. The molecule has 24 rings (SSSR count). The highest BCUT2D eigenvalue weighted by molar-refractivity contribution is 7.30. The van der Waals surface area contributed by atoms with E-state index in [9.17, 15) is 0 Å². The van der Waals surface area contributed by atoms with Gasteiger partial charge in [-0.3, -0.25) is 0 Å². The van der Waals surface area contributed by atoms with Crippen molar-refractivity contribution in [2.75, 3.05) is 0 Å². The summed E-state index contributed by atoms with van der Waals surface area (Å²) < 4.78 is 10.8. The summed E-state index contributed by atoms with van der Waals surface area (Å²) in [6.07, 6.45) is 0. The van der Waals surface area contributed by atoms with Crippen LogP contribution in [0.4, 0.5) is 0 Å². The molecular formula is C104H60S4. The average Bonchev–Trinajstić information content (AvgIpc) is 1.52. The molecule has 0 unspecified atom stereocenters. The Bertz CT molecular complexity index is 7840. The van der Waals surface area contributed by atoms with Crippen LogP contribution in [0.5, 0.6) is 0 Å². The topological polar surface area (TPSA) is 0 Å². The molecule has 0 spiro atoms. The zero-order chi connectivity index (χ0) is 70.7. The van der Waals surface area contributed by atoms with E-state index in [-0.39, 0.29) is 0 Å². The molecule has 0 amide bonds. The minimum atomic E-state index is 1.24. The summed E-state index contributed by atoms with van der Waals surface area (Å²) in [4.78, 5) is 0. The number of thiophene rings is 4. The highest BCUT2D eigenvalue weighted by Crippen LogP contribution is 2.54. The largest absolute Gasteiger partial charge is 0.135 e. The van der Waals surface area contributed by atoms with Crippen LogP contribution in [0.3, 0.4) is 0 Å². The second-order valence-corrected chi connectivity index (χ2v) is 32.9. The standard InChI is InChI=1S/2C52H30S2/c1-2-14-33-28-36(25-24-31(33)12-1)48-40-20-7-5-18-38(40)47(39-19-6-8-21-41(39)48)35-16-11-15-34(29-35)43-30-46-51(52-49(43)42-22-9-10-23-44(42)54-52)50-37-17-4-3-13-32(37)26-27-45(50)53-46;1-2-14-33-28-36(25-24-31(33)12-1)48-40-20-7-5-18-38(40)47(39-19-6-8-21-41(39)48)35-16-11-15-34(29-35)44-30-46-49(50-42-22-9-10-23-45(42)53-52(44)50)43-27-26-32-13-3-4-17-37(32)51(43)54-46/h2*1-30H. The quantitative estimate of drug-likeness (QED) is 0.146. The summed E-state index contributed by atoms with van der Waals surface area (Å²) in [6.45, 7) is 0. The molecule has 24 aromatic rings. The van der Waals surface area contributed by atoms with Gasteiger partial charge < -0.3 is 0 Å². The van der Waals surface area contributed by atoms with E-state index in [0.717, 1.165) is 0 Å². The summed E-state index contributed by atoms with van der Waals surface area (Å²) in [5.41, 5.74) is 15.2. The fourth-order valence-electron chi connectivity index (χ4n) is 18.1. The summed E-state index contributed by atoms with van der Waals surface area (Å²) in [5.74, 6) is 0. The Balaban J connectivity index is 0.000000130. The molecule has 0 fully saturated rings. The van der Waals surface area contributed by atoms with Crippen molar-refractivity contribution >= 4 is 212 Å². The van der Waals surface area contributed by atoms with Gasteiger partial charge in [0.2, 0.25) is 0 Å². The van der Waals surface area contributed by atoms with Crippen LogP contribution in [-0.4, -0.2) is 0 Å². The number of benzene rings is 20. The summed E-state index contributed by atoms with van der Waals surface area (Å²) in [5, 5.41) is 31.4. The van der Waals surface area contributed by atoms with Gasteiger partial charge in [-0.2, -0.15) is 0 Å². The van der Waals surface area contributed by atoms with Crippen molar-refractivity contribution in [3.63, 3.8) is 0 Å². The molecule has 0 saturated heterocycles. The fraction of sp³-hybridized carbons (Fsp3) is 0. The smallest absolute Gasteiger partial charge is 0.0455 e. The van der Waals surface area contributed by atoms with Crippen LogP contribution >= 0.6 is 45.3 Å². The van der Waals surface area contributed by atoms with Gasteiger partial charge in [0.1, 0.15) is 0 Å². The molecule has 0 N–H and O–H groups in total. The van der Waals surface area contributed by atoms with Gasteiger partial charge in [0.05, 0.1) is 0 Å². The van der Waals surface area contributed by atoms with E-state index in [1.54, 1.807) is 0 Å². The number of hydrogen-bond acceptors (Lipinski definition) is 4. The third kappa shape index (κ3) is 9.51. The molecule has 0 aliphatic heterocycles. The van der Waals surface area contributed by atoms with Gasteiger partial charge in [0.25, 0.3) is 0 Å². The van der Waals surface area contributed by atoms with Gasteiger partial charge in [-0.15, -0.1) is 45.3 Å². The van der Waals surface area contributed by atoms with E-state index >= 15 is 0 Å². The van der Waals surface area contributed by atoms with Crippen molar-refractivity contribution in [2.24, 2.45) is 0 Å². The average molecular weight is 1440 g/mol. The van der Waals surface area contributed by atoms with Crippen LogP contribution in [0.25, 0.3) is 234 Å². The summed E-state index contributed by atoms with van der Waals surface area (Å²) in [7, 11) is 0. The zero-order valence-electron chi connectivity index (χ0n) is 58.3. The number of hydrogen-bond donors (Lipinski definition) is 0. The molecule has 0 nitrogen and oxygen atoms in total. The monoisotopic (exact) mass is 1440 g/mol. The van der Waals surface area contributed by atoms with Crippen LogP contribution in [0.15, 0.2) is 364 Å². The number of fused-ring (bicyclic) bond motifs is 24. The molecule has 0 radical (unpaired) electrons. The molecule has 4 aromatic heterocycles. The van der Waals surface area contributed by atoms with Gasteiger partial charge >= 0.3 is 0 Å². The Morgan fingerprint density at radius 3 is 1.02 bits per heavy atom. The minimum Gasteiger partial charge on any atom is -0.135 e.